The van der Waals surface area contributed by atoms with Crippen molar-refractivity contribution >= 4 is 0 Å². The monoisotopic (exact) mass is 208 g/mol. The molecule has 3 nitrogen and oxygen atoms in total. The van der Waals surface area contributed by atoms with Gasteiger partial charge in [-0.2, -0.15) is 5.26 Å². The van der Waals surface area contributed by atoms with E-state index in [4.69, 9.17) is 5.26 Å². The summed E-state index contributed by atoms with van der Waals surface area (Å²) >= 11 is 0. The van der Waals surface area contributed by atoms with E-state index in [9.17, 15) is 5.11 Å². The number of hydrogen-bond acceptors (Lipinski definition) is 3. The lowest BCUT2D eigenvalue weighted by Gasteiger charge is -2.46. The molecule has 2 aliphatic heterocycles. The van der Waals surface area contributed by atoms with Gasteiger partial charge in [-0.25, -0.2) is 0 Å². The summed E-state index contributed by atoms with van der Waals surface area (Å²) in [7, 11) is 0. The Morgan fingerprint density at radius 1 is 1.47 bits per heavy atom. The molecule has 0 saturated carbocycles. The zero-order valence-electron chi connectivity index (χ0n) is 9.66. The molecule has 0 aromatic rings. The average molecular weight is 208 g/mol. The summed E-state index contributed by atoms with van der Waals surface area (Å²) in [5.74, 6) is 0. The van der Waals surface area contributed by atoms with Gasteiger partial charge < -0.3 is 10.0 Å². The van der Waals surface area contributed by atoms with E-state index < -0.39 is 11.0 Å². The van der Waals surface area contributed by atoms with Crippen LogP contribution in [-0.2, 0) is 0 Å². The lowest BCUT2D eigenvalue weighted by atomic mass is 9.69. The molecule has 0 aromatic carbocycles. The molecule has 0 spiro atoms. The SMILES string of the molecule is CC(C)(C#N)C1(O)CCN2CCCC2C1. The number of rotatable bonds is 1. The van der Waals surface area contributed by atoms with Crippen LogP contribution in [0, 0.1) is 16.7 Å². The maximum absolute atomic E-state index is 10.6. The zero-order valence-corrected chi connectivity index (χ0v) is 9.66. The summed E-state index contributed by atoms with van der Waals surface area (Å²) in [4.78, 5) is 2.46. The van der Waals surface area contributed by atoms with Crippen molar-refractivity contribution in [1.29, 1.82) is 5.26 Å². The summed E-state index contributed by atoms with van der Waals surface area (Å²) in [6.07, 6.45) is 3.94. The molecule has 2 fully saturated rings. The normalized spacial score (nSPS) is 37.3. The van der Waals surface area contributed by atoms with Gasteiger partial charge in [0.15, 0.2) is 0 Å². The van der Waals surface area contributed by atoms with E-state index in [1.807, 2.05) is 13.8 Å². The predicted octanol–water partition coefficient (Wildman–Crippen LogP) is 1.53. The fraction of sp³-hybridized carbons (Fsp3) is 0.917. The minimum atomic E-state index is -0.784. The van der Waals surface area contributed by atoms with Crippen LogP contribution < -0.4 is 0 Å². The molecule has 0 radical (unpaired) electrons. The Balaban J connectivity index is 2.15. The van der Waals surface area contributed by atoms with E-state index in [1.54, 1.807) is 0 Å². The molecule has 0 aliphatic carbocycles. The first-order valence-electron chi connectivity index (χ1n) is 5.86. The van der Waals surface area contributed by atoms with Gasteiger partial charge in [0.1, 0.15) is 0 Å². The van der Waals surface area contributed by atoms with E-state index in [-0.39, 0.29) is 0 Å². The maximum atomic E-state index is 10.6. The van der Waals surface area contributed by atoms with Gasteiger partial charge >= 0.3 is 0 Å². The molecule has 2 heterocycles. The molecule has 2 unspecified atom stereocenters. The first kappa shape index (κ1) is 10.9. The van der Waals surface area contributed by atoms with E-state index in [0.29, 0.717) is 6.04 Å². The molecule has 84 valence electrons. The van der Waals surface area contributed by atoms with E-state index in [0.717, 1.165) is 19.4 Å². The molecule has 2 aliphatic rings. The molecule has 15 heavy (non-hydrogen) atoms. The highest BCUT2D eigenvalue weighted by atomic mass is 16.3. The first-order chi connectivity index (χ1) is 6.98. The Bertz CT molecular complexity index is 294. The van der Waals surface area contributed by atoms with Crippen LogP contribution in [0.1, 0.15) is 39.5 Å². The Morgan fingerprint density at radius 3 is 2.87 bits per heavy atom. The van der Waals surface area contributed by atoms with Crippen molar-refractivity contribution in [3.05, 3.63) is 0 Å². The van der Waals surface area contributed by atoms with Gasteiger partial charge in [-0.3, -0.25) is 0 Å². The molecule has 2 rings (SSSR count). The number of nitrogens with zero attached hydrogens (tertiary/aromatic N) is 2. The smallest absolute Gasteiger partial charge is 0.0854 e. The number of aliphatic hydroxyl groups is 1. The number of piperidine rings is 1. The quantitative estimate of drug-likeness (QED) is 0.711. The van der Waals surface area contributed by atoms with Crippen molar-refractivity contribution in [3.8, 4) is 6.07 Å². The Labute approximate surface area is 91.7 Å². The van der Waals surface area contributed by atoms with E-state index in [2.05, 4.69) is 11.0 Å². The van der Waals surface area contributed by atoms with Crippen molar-refractivity contribution in [2.45, 2.75) is 51.2 Å². The third-order valence-corrected chi connectivity index (χ3v) is 4.33. The van der Waals surface area contributed by atoms with Gasteiger partial charge in [-0.05, 0) is 46.1 Å². The third-order valence-electron chi connectivity index (χ3n) is 4.33. The van der Waals surface area contributed by atoms with Crippen LogP contribution in [0.15, 0.2) is 0 Å². The van der Waals surface area contributed by atoms with E-state index >= 15 is 0 Å². The minimum Gasteiger partial charge on any atom is -0.388 e. The zero-order chi connectivity index (χ0) is 11.1. The lowest BCUT2D eigenvalue weighted by molar-refractivity contribution is -0.0947. The van der Waals surface area contributed by atoms with Crippen LogP contribution in [0.4, 0.5) is 0 Å². The number of fused-ring (bicyclic) bond motifs is 1. The van der Waals surface area contributed by atoms with Gasteiger partial charge in [0.05, 0.1) is 17.1 Å². The Kier molecular flexibility index (Phi) is 2.52. The van der Waals surface area contributed by atoms with Crippen LogP contribution in [0.5, 0.6) is 0 Å². The maximum Gasteiger partial charge on any atom is 0.0854 e. The van der Waals surface area contributed by atoms with Crippen LogP contribution in [0.2, 0.25) is 0 Å². The van der Waals surface area contributed by atoms with Crippen molar-refractivity contribution in [2.24, 2.45) is 5.41 Å². The largest absolute Gasteiger partial charge is 0.388 e. The van der Waals surface area contributed by atoms with Gasteiger partial charge in [0.25, 0.3) is 0 Å². The van der Waals surface area contributed by atoms with Crippen LogP contribution in [0.3, 0.4) is 0 Å². The average Bonchev–Trinajstić information content (AvgIpc) is 2.64. The van der Waals surface area contributed by atoms with Crippen LogP contribution >= 0.6 is 0 Å². The van der Waals surface area contributed by atoms with Gasteiger partial charge in [0, 0.05) is 12.6 Å². The van der Waals surface area contributed by atoms with Crippen molar-refractivity contribution in [3.63, 3.8) is 0 Å². The fourth-order valence-electron chi connectivity index (χ4n) is 2.91. The first-order valence-corrected chi connectivity index (χ1v) is 5.86. The minimum absolute atomic E-state index is 0.511. The Morgan fingerprint density at radius 2 is 2.20 bits per heavy atom. The molecular formula is C12H20N2O. The van der Waals surface area contributed by atoms with Gasteiger partial charge in [-0.15, -0.1) is 0 Å². The standard InChI is InChI=1S/C12H20N2O/c1-11(2,9-13)12(15)5-7-14-6-3-4-10(14)8-12/h10,15H,3-8H2,1-2H3. The van der Waals surface area contributed by atoms with Gasteiger partial charge in [-0.1, -0.05) is 0 Å². The highest BCUT2D eigenvalue weighted by molar-refractivity contribution is 5.10. The summed E-state index contributed by atoms with van der Waals surface area (Å²) in [6, 6.07) is 2.77. The summed E-state index contributed by atoms with van der Waals surface area (Å²) < 4.78 is 0. The summed E-state index contributed by atoms with van der Waals surface area (Å²) in [5, 5.41) is 19.7. The van der Waals surface area contributed by atoms with Crippen LogP contribution in [-0.4, -0.2) is 34.7 Å². The molecule has 0 amide bonds. The fourth-order valence-corrected chi connectivity index (χ4v) is 2.91. The summed E-state index contributed by atoms with van der Waals surface area (Å²) in [5.41, 5.74) is -1.41. The second-order valence-corrected chi connectivity index (χ2v) is 5.55. The van der Waals surface area contributed by atoms with Crippen molar-refractivity contribution < 1.29 is 5.11 Å². The molecule has 2 saturated heterocycles. The molecule has 1 N–H and O–H groups in total. The molecule has 2 atom stereocenters. The highest BCUT2D eigenvalue weighted by Gasteiger charge is 2.49. The van der Waals surface area contributed by atoms with Crippen molar-refractivity contribution in [2.75, 3.05) is 13.1 Å². The molecule has 0 aromatic heterocycles. The number of hydrogen-bond donors (Lipinski definition) is 1. The van der Waals surface area contributed by atoms with Gasteiger partial charge in [0.2, 0.25) is 0 Å². The third kappa shape index (κ3) is 1.66. The second kappa shape index (κ2) is 3.47. The topological polar surface area (TPSA) is 47.3 Å². The Hall–Kier alpha value is -0.590. The van der Waals surface area contributed by atoms with Crippen molar-refractivity contribution in [1.82, 2.24) is 4.90 Å². The van der Waals surface area contributed by atoms with Crippen LogP contribution in [0.25, 0.3) is 0 Å². The number of nitriles is 1. The molecular weight excluding hydrogens is 188 g/mol. The molecule has 3 heteroatoms. The summed E-state index contributed by atoms with van der Waals surface area (Å²) in [6.45, 7) is 5.84. The van der Waals surface area contributed by atoms with E-state index in [1.165, 1.54) is 19.4 Å². The lowest BCUT2D eigenvalue weighted by Crippen LogP contribution is -2.54. The second-order valence-electron chi connectivity index (χ2n) is 5.55. The molecule has 0 bridgehead atoms. The highest BCUT2D eigenvalue weighted by Crippen LogP contribution is 2.43. The predicted molar refractivity (Wildman–Crippen MR) is 58.2 cm³/mol.